The van der Waals surface area contributed by atoms with Crippen molar-refractivity contribution in [3.05, 3.63) is 12.1 Å². The first-order valence-corrected chi connectivity index (χ1v) is 7.17. The summed E-state index contributed by atoms with van der Waals surface area (Å²) in [5, 5.41) is 3.46. The standard InChI is InChI=1S/C12H17N3OS/c1-16-11-3-2-10-12(14-11)15-6-7-17-8-9(15)4-5-13-10/h2-3,9,13H,4-8H2,1H3. The molecule has 2 aliphatic heterocycles. The van der Waals surface area contributed by atoms with E-state index < -0.39 is 0 Å². The summed E-state index contributed by atoms with van der Waals surface area (Å²) in [6.45, 7) is 2.12. The van der Waals surface area contributed by atoms with Gasteiger partial charge in [0.25, 0.3) is 0 Å². The van der Waals surface area contributed by atoms with E-state index in [2.05, 4.69) is 21.3 Å². The Morgan fingerprint density at radius 3 is 3.35 bits per heavy atom. The molecule has 0 spiro atoms. The van der Waals surface area contributed by atoms with Gasteiger partial charge in [0.05, 0.1) is 12.8 Å². The van der Waals surface area contributed by atoms with Crippen molar-refractivity contribution in [2.45, 2.75) is 12.5 Å². The minimum absolute atomic E-state index is 0.613. The number of anilines is 2. The van der Waals surface area contributed by atoms with Gasteiger partial charge in [-0.3, -0.25) is 0 Å². The highest BCUT2D eigenvalue weighted by molar-refractivity contribution is 7.99. The maximum Gasteiger partial charge on any atom is 0.215 e. The third-order valence-corrected chi connectivity index (χ3v) is 4.44. The predicted molar refractivity (Wildman–Crippen MR) is 72.4 cm³/mol. The first kappa shape index (κ1) is 11.0. The molecule has 3 rings (SSSR count). The van der Waals surface area contributed by atoms with Crippen molar-refractivity contribution >= 4 is 23.3 Å². The topological polar surface area (TPSA) is 37.4 Å². The van der Waals surface area contributed by atoms with Crippen LogP contribution in [0, 0.1) is 0 Å². The van der Waals surface area contributed by atoms with Crippen molar-refractivity contribution in [1.82, 2.24) is 4.98 Å². The lowest BCUT2D eigenvalue weighted by atomic mass is 10.2. The summed E-state index contributed by atoms with van der Waals surface area (Å²) >= 11 is 2.05. The monoisotopic (exact) mass is 251 g/mol. The molecule has 3 heterocycles. The van der Waals surface area contributed by atoms with Gasteiger partial charge in [0.2, 0.25) is 5.88 Å². The highest BCUT2D eigenvalue weighted by atomic mass is 32.2. The van der Waals surface area contributed by atoms with Crippen molar-refractivity contribution < 1.29 is 4.74 Å². The van der Waals surface area contributed by atoms with Crippen LogP contribution in [-0.2, 0) is 0 Å². The molecule has 5 heteroatoms. The minimum Gasteiger partial charge on any atom is -0.481 e. The number of methoxy groups -OCH3 is 1. The highest BCUT2D eigenvalue weighted by Crippen LogP contribution is 2.34. The second-order valence-corrected chi connectivity index (χ2v) is 5.51. The van der Waals surface area contributed by atoms with E-state index in [4.69, 9.17) is 4.74 Å². The van der Waals surface area contributed by atoms with Gasteiger partial charge in [-0.05, 0) is 12.5 Å². The maximum atomic E-state index is 5.23. The molecule has 92 valence electrons. The third kappa shape index (κ3) is 2.04. The number of ether oxygens (including phenoxy) is 1. The molecular formula is C12H17N3OS. The molecule has 0 aliphatic carbocycles. The third-order valence-electron chi connectivity index (χ3n) is 3.35. The molecule has 1 fully saturated rings. The summed E-state index contributed by atoms with van der Waals surface area (Å²) in [5.41, 5.74) is 1.14. The van der Waals surface area contributed by atoms with Gasteiger partial charge in [-0.25, -0.2) is 0 Å². The van der Waals surface area contributed by atoms with E-state index in [9.17, 15) is 0 Å². The van der Waals surface area contributed by atoms with E-state index in [1.807, 2.05) is 17.8 Å². The molecule has 0 saturated carbocycles. The Kier molecular flexibility index (Phi) is 3.01. The molecule has 2 aliphatic rings. The van der Waals surface area contributed by atoms with Crippen LogP contribution < -0.4 is 15.0 Å². The predicted octanol–water partition coefficient (Wildman–Crippen LogP) is 1.83. The zero-order valence-corrected chi connectivity index (χ0v) is 10.8. The van der Waals surface area contributed by atoms with Crippen molar-refractivity contribution in [2.24, 2.45) is 0 Å². The molecule has 0 aromatic carbocycles. The van der Waals surface area contributed by atoms with E-state index in [0.29, 0.717) is 11.9 Å². The van der Waals surface area contributed by atoms with Crippen molar-refractivity contribution in [1.29, 1.82) is 0 Å². The number of aromatic nitrogens is 1. The normalized spacial score (nSPS) is 23.1. The van der Waals surface area contributed by atoms with Crippen LogP contribution in [0.25, 0.3) is 0 Å². The van der Waals surface area contributed by atoms with Crippen LogP contribution in [-0.4, -0.2) is 42.7 Å². The van der Waals surface area contributed by atoms with Crippen molar-refractivity contribution in [3.63, 3.8) is 0 Å². The number of nitrogens with zero attached hydrogens (tertiary/aromatic N) is 2. The fraction of sp³-hybridized carbons (Fsp3) is 0.583. The zero-order valence-electron chi connectivity index (χ0n) is 9.98. The summed E-state index contributed by atoms with van der Waals surface area (Å²) in [6, 6.07) is 4.61. The molecular weight excluding hydrogens is 234 g/mol. The van der Waals surface area contributed by atoms with Gasteiger partial charge in [0, 0.05) is 36.7 Å². The maximum absolute atomic E-state index is 5.23. The van der Waals surface area contributed by atoms with Crippen LogP contribution >= 0.6 is 11.8 Å². The average molecular weight is 251 g/mol. The Bertz CT molecular complexity index is 413. The second kappa shape index (κ2) is 4.64. The van der Waals surface area contributed by atoms with E-state index in [0.717, 1.165) is 24.6 Å². The van der Waals surface area contributed by atoms with Gasteiger partial charge in [0.1, 0.15) is 0 Å². The van der Waals surface area contributed by atoms with E-state index in [1.54, 1.807) is 7.11 Å². The van der Waals surface area contributed by atoms with Crippen molar-refractivity contribution in [3.8, 4) is 5.88 Å². The lowest BCUT2D eigenvalue weighted by Crippen LogP contribution is -2.42. The Hall–Kier alpha value is -1.10. The molecule has 1 unspecified atom stereocenters. The SMILES string of the molecule is COc1ccc2c(n1)N1CCSCC1CCN2. The van der Waals surface area contributed by atoms with Crippen LogP contribution in [0.2, 0.25) is 0 Å². The minimum atomic E-state index is 0.613. The molecule has 1 aromatic heterocycles. The fourth-order valence-electron chi connectivity index (χ4n) is 2.45. The molecule has 17 heavy (non-hydrogen) atoms. The van der Waals surface area contributed by atoms with Crippen LogP contribution in [0.5, 0.6) is 5.88 Å². The summed E-state index contributed by atoms with van der Waals surface area (Å²) in [7, 11) is 1.67. The Balaban J connectivity index is 2.00. The summed E-state index contributed by atoms with van der Waals surface area (Å²) in [6.07, 6.45) is 1.19. The molecule has 1 atom stereocenters. The molecule has 1 N–H and O–H groups in total. The fourth-order valence-corrected chi connectivity index (χ4v) is 3.56. The van der Waals surface area contributed by atoms with Gasteiger partial charge < -0.3 is 15.0 Å². The van der Waals surface area contributed by atoms with E-state index in [-0.39, 0.29) is 0 Å². The molecule has 0 radical (unpaired) electrons. The molecule has 1 saturated heterocycles. The quantitative estimate of drug-likeness (QED) is 0.824. The van der Waals surface area contributed by atoms with Crippen LogP contribution in [0.3, 0.4) is 0 Å². The van der Waals surface area contributed by atoms with E-state index in [1.165, 1.54) is 17.9 Å². The summed E-state index contributed by atoms with van der Waals surface area (Å²) < 4.78 is 5.23. The number of rotatable bonds is 1. The number of fused-ring (bicyclic) bond motifs is 3. The molecule has 4 nitrogen and oxygen atoms in total. The number of hydrogen-bond donors (Lipinski definition) is 1. The number of pyridine rings is 1. The summed E-state index contributed by atoms with van der Waals surface area (Å²) in [5.74, 6) is 4.16. The number of thioether (sulfide) groups is 1. The lowest BCUT2D eigenvalue weighted by Gasteiger charge is -2.35. The van der Waals surface area contributed by atoms with Crippen LogP contribution in [0.15, 0.2) is 12.1 Å². The Morgan fingerprint density at radius 1 is 1.53 bits per heavy atom. The Labute approximate surface area is 106 Å². The van der Waals surface area contributed by atoms with Gasteiger partial charge in [-0.2, -0.15) is 16.7 Å². The van der Waals surface area contributed by atoms with Gasteiger partial charge >= 0.3 is 0 Å². The first-order chi connectivity index (χ1) is 8.38. The summed E-state index contributed by atoms with van der Waals surface area (Å²) in [4.78, 5) is 7.05. The van der Waals surface area contributed by atoms with Gasteiger partial charge in [-0.15, -0.1) is 0 Å². The molecule has 1 aromatic rings. The highest BCUT2D eigenvalue weighted by Gasteiger charge is 2.28. The second-order valence-electron chi connectivity index (χ2n) is 4.36. The van der Waals surface area contributed by atoms with E-state index >= 15 is 0 Å². The smallest absolute Gasteiger partial charge is 0.215 e. The van der Waals surface area contributed by atoms with Crippen LogP contribution in [0.1, 0.15) is 6.42 Å². The van der Waals surface area contributed by atoms with Gasteiger partial charge in [-0.1, -0.05) is 0 Å². The van der Waals surface area contributed by atoms with Crippen LogP contribution in [0.4, 0.5) is 11.5 Å². The molecule has 0 bridgehead atoms. The largest absolute Gasteiger partial charge is 0.481 e. The van der Waals surface area contributed by atoms with Crippen molar-refractivity contribution in [2.75, 3.05) is 41.9 Å². The molecule has 0 amide bonds. The first-order valence-electron chi connectivity index (χ1n) is 6.02. The number of hydrogen-bond acceptors (Lipinski definition) is 5. The average Bonchev–Trinajstić information content (AvgIpc) is 2.57. The zero-order chi connectivity index (χ0) is 11.7. The lowest BCUT2D eigenvalue weighted by molar-refractivity contribution is 0.397. The Morgan fingerprint density at radius 2 is 2.47 bits per heavy atom. The number of nitrogens with one attached hydrogen (secondary N) is 1. The van der Waals surface area contributed by atoms with Gasteiger partial charge in [0.15, 0.2) is 5.82 Å².